The summed E-state index contributed by atoms with van der Waals surface area (Å²) in [5.41, 5.74) is 2.54. The van der Waals surface area contributed by atoms with E-state index in [4.69, 9.17) is 7.85 Å². The molecule has 1 atom stereocenters. The lowest BCUT2D eigenvalue weighted by atomic mass is 9.45. The second-order valence-corrected chi connectivity index (χ2v) is 7.59. The van der Waals surface area contributed by atoms with Gasteiger partial charge in [0.2, 0.25) is 0 Å². The van der Waals surface area contributed by atoms with E-state index in [0.717, 1.165) is 12.0 Å². The van der Waals surface area contributed by atoms with Gasteiger partial charge in [0.05, 0.1) is 0 Å². The molecule has 1 saturated heterocycles. The topological polar surface area (TPSA) is 87.2 Å². The number of hydrogen-bond donors (Lipinski definition) is 0. The van der Waals surface area contributed by atoms with Crippen molar-refractivity contribution in [1.82, 2.24) is 19.6 Å². The van der Waals surface area contributed by atoms with Crippen LogP contribution in [0.15, 0.2) is 36.8 Å². The van der Waals surface area contributed by atoms with Crippen LogP contribution in [0, 0.1) is 11.2 Å². The number of aromatic nitrogens is 4. The lowest BCUT2D eigenvalue weighted by Crippen LogP contribution is -2.39. The first-order valence-electron chi connectivity index (χ1n) is 8.26. The van der Waals surface area contributed by atoms with Crippen LogP contribution in [0.5, 0.6) is 0 Å². The molecule has 1 fully saturated rings. The first-order chi connectivity index (χ1) is 12.7. The second-order valence-electron chi connectivity index (χ2n) is 6.10. The SMILES string of the molecule is [B]c1cnn2c(B(C#N)Cc3cccnc3)cc(N3CCCS3=O)nc12. The fraction of sp³-hybridized carbons (Fsp3) is 0.250. The predicted molar refractivity (Wildman–Crippen MR) is 102 cm³/mol. The first kappa shape index (κ1) is 16.8. The van der Waals surface area contributed by atoms with Crippen LogP contribution in [0.3, 0.4) is 0 Å². The third-order valence-electron chi connectivity index (χ3n) is 4.37. The summed E-state index contributed by atoms with van der Waals surface area (Å²) >= 11 is 0. The molecule has 0 amide bonds. The zero-order chi connectivity index (χ0) is 18.1. The molecule has 0 spiro atoms. The third kappa shape index (κ3) is 2.99. The minimum Gasteiger partial charge on any atom is -0.276 e. The Bertz CT molecular complexity index is 1020. The normalized spacial score (nSPS) is 16.7. The van der Waals surface area contributed by atoms with Crippen molar-refractivity contribution in [2.45, 2.75) is 12.7 Å². The molecule has 1 unspecified atom stereocenters. The van der Waals surface area contributed by atoms with Crippen LogP contribution >= 0.6 is 0 Å². The van der Waals surface area contributed by atoms with Gasteiger partial charge in [0.25, 0.3) is 0 Å². The molecule has 0 aliphatic carbocycles. The zero-order valence-corrected chi connectivity index (χ0v) is 14.8. The molecule has 4 heterocycles. The Kier molecular flexibility index (Phi) is 4.47. The van der Waals surface area contributed by atoms with Crippen LogP contribution in [-0.4, -0.2) is 50.6 Å². The summed E-state index contributed by atoms with van der Waals surface area (Å²) in [6.45, 7) is 0.210. The Balaban J connectivity index is 1.82. The average molecular weight is 360 g/mol. The molecule has 10 heteroatoms. The summed E-state index contributed by atoms with van der Waals surface area (Å²) in [7, 11) is 4.91. The Morgan fingerprint density at radius 3 is 3.00 bits per heavy atom. The number of anilines is 1. The van der Waals surface area contributed by atoms with E-state index in [9.17, 15) is 9.47 Å². The van der Waals surface area contributed by atoms with Crippen molar-refractivity contribution in [2.75, 3.05) is 16.6 Å². The molecule has 3 aromatic heterocycles. The zero-order valence-electron chi connectivity index (χ0n) is 13.9. The number of pyridine rings is 1. The molecule has 2 radical (unpaired) electrons. The van der Waals surface area contributed by atoms with Gasteiger partial charge in [-0.1, -0.05) is 6.07 Å². The largest absolute Gasteiger partial charge is 0.326 e. The van der Waals surface area contributed by atoms with E-state index in [1.165, 1.54) is 6.20 Å². The van der Waals surface area contributed by atoms with Crippen molar-refractivity contribution in [1.29, 1.82) is 5.26 Å². The van der Waals surface area contributed by atoms with Gasteiger partial charge < -0.3 is 0 Å². The molecule has 126 valence electrons. The van der Waals surface area contributed by atoms with Crippen molar-refractivity contribution in [2.24, 2.45) is 0 Å². The minimum absolute atomic E-state index is 0.427. The van der Waals surface area contributed by atoms with Gasteiger partial charge in [-0.2, -0.15) is 5.10 Å². The van der Waals surface area contributed by atoms with Crippen molar-refractivity contribution in [3.63, 3.8) is 0 Å². The van der Waals surface area contributed by atoms with Crippen molar-refractivity contribution >= 4 is 48.1 Å². The Labute approximate surface area is 155 Å². The van der Waals surface area contributed by atoms with Crippen LogP contribution in [0.25, 0.3) is 5.65 Å². The fourth-order valence-electron chi connectivity index (χ4n) is 3.10. The van der Waals surface area contributed by atoms with Gasteiger partial charge in [-0.3, -0.25) is 9.29 Å². The van der Waals surface area contributed by atoms with Crippen LogP contribution < -0.4 is 15.4 Å². The highest BCUT2D eigenvalue weighted by Gasteiger charge is 2.27. The standard InChI is InChI=1S/C16H14B2N6OS/c17-13-10-21-24-14(18(11-19)8-12-3-1-4-20-9-12)7-15(22-16(13)24)23-5-2-6-26(23)25/h1,3-4,7,9-10H,2,5-6,8H2. The van der Waals surface area contributed by atoms with E-state index in [1.807, 2.05) is 12.1 Å². The average Bonchev–Trinajstić information content (AvgIpc) is 3.26. The number of nitriles is 1. The number of hydrogen-bond acceptors (Lipinski definition) is 5. The Morgan fingerprint density at radius 2 is 2.31 bits per heavy atom. The van der Waals surface area contributed by atoms with E-state index < -0.39 is 17.7 Å². The molecular formula is C16H14B2N6OS. The maximum atomic E-state index is 12.2. The smallest absolute Gasteiger partial charge is 0.276 e. The molecule has 0 saturated carbocycles. The lowest BCUT2D eigenvalue weighted by molar-refractivity contribution is 0.685. The molecular weight excluding hydrogens is 346 g/mol. The number of fused-ring (bicyclic) bond motifs is 1. The molecule has 0 N–H and O–H groups in total. The highest BCUT2D eigenvalue weighted by Crippen LogP contribution is 2.19. The van der Waals surface area contributed by atoms with Crippen molar-refractivity contribution in [3.05, 3.63) is 42.4 Å². The summed E-state index contributed by atoms with van der Waals surface area (Å²) in [4.78, 5) is 8.65. The van der Waals surface area contributed by atoms with Gasteiger partial charge in [-0.25, -0.2) is 19.0 Å². The number of nitrogens with zero attached hydrogens (tertiary/aromatic N) is 6. The summed E-state index contributed by atoms with van der Waals surface area (Å²) in [6, 6.07) is 5.58. The highest BCUT2D eigenvalue weighted by atomic mass is 32.2. The molecule has 7 nitrogen and oxygen atoms in total. The summed E-state index contributed by atoms with van der Waals surface area (Å²) in [5, 5.41) is 14.1. The molecule has 0 aromatic carbocycles. The summed E-state index contributed by atoms with van der Waals surface area (Å²) in [6.07, 6.45) is 6.31. The Hall–Kier alpha value is -2.66. The maximum absolute atomic E-state index is 12.2. The van der Waals surface area contributed by atoms with E-state index in [1.54, 1.807) is 27.3 Å². The molecule has 1 aliphatic rings. The summed E-state index contributed by atoms with van der Waals surface area (Å²) < 4.78 is 15.6. The first-order valence-corrected chi connectivity index (χ1v) is 9.53. The molecule has 1 aliphatic heterocycles. The Morgan fingerprint density at radius 1 is 1.42 bits per heavy atom. The third-order valence-corrected chi connectivity index (χ3v) is 5.87. The monoisotopic (exact) mass is 360 g/mol. The van der Waals surface area contributed by atoms with Crippen LogP contribution in [0.4, 0.5) is 5.82 Å². The van der Waals surface area contributed by atoms with Crippen LogP contribution in [0.2, 0.25) is 0 Å². The van der Waals surface area contributed by atoms with Gasteiger partial charge in [-0.05, 0) is 35.9 Å². The molecule has 26 heavy (non-hydrogen) atoms. The fourth-order valence-corrected chi connectivity index (χ4v) is 4.33. The van der Waals surface area contributed by atoms with Crippen molar-refractivity contribution in [3.8, 4) is 5.97 Å². The quantitative estimate of drug-likeness (QED) is 0.577. The van der Waals surface area contributed by atoms with Gasteiger partial charge in [-0.15, -0.1) is 0 Å². The minimum atomic E-state index is -1.10. The van der Waals surface area contributed by atoms with E-state index >= 15 is 0 Å². The van der Waals surface area contributed by atoms with Gasteiger partial charge in [0.15, 0.2) is 0 Å². The maximum Gasteiger partial charge on any atom is 0.326 e. The van der Waals surface area contributed by atoms with E-state index in [2.05, 4.69) is 21.0 Å². The molecule has 3 aromatic rings. The van der Waals surface area contributed by atoms with Crippen molar-refractivity contribution < 1.29 is 4.21 Å². The molecule has 0 bridgehead atoms. The van der Waals surface area contributed by atoms with E-state index in [-0.39, 0.29) is 0 Å². The van der Waals surface area contributed by atoms with Gasteiger partial charge >= 0.3 is 6.71 Å². The molecule has 4 rings (SSSR count). The second kappa shape index (κ2) is 6.92. The highest BCUT2D eigenvalue weighted by molar-refractivity contribution is 7.86. The number of rotatable bonds is 4. The lowest BCUT2D eigenvalue weighted by Gasteiger charge is -2.17. The van der Waals surface area contributed by atoms with Crippen LogP contribution in [0.1, 0.15) is 12.0 Å². The van der Waals surface area contributed by atoms with E-state index in [0.29, 0.717) is 41.1 Å². The van der Waals surface area contributed by atoms with Gasteiger partial charge in [0.1, 0.15) is 30.3 Å². The van der Waals surface area contributed by atoms with Crippen LogP contribution in [-0.2, 0) is 17.3 Å². The predicted octanol–water partition coefficient (Wildman–Crippen LogP) is -0.662. The summed E-state index contributed by atoms with van der Waals surface area (Å²) in [5.74, 6) is 3.54. The van der Waals surface area contributed by atoms with Gasteiger partial charge in [0, 0.05) is 42.4 Å².